The third kappa shape index (κ3) is 3.46. The Kier molecular flexibility index (Phi) is 4.57. The highest BCUT2D eigenvalue weighted by Crippen LogP contribution is 2.20. The third-order valence-electron chi connectivity index (χ3n) is 4.71. The maximum atomic E-state index is 12.5. The average Bonchev–Trinajstić information content (AvgIpc) is 3.25. The number of aromatic amines is 1. The van der Waals surface area contributed by atoms with Crippen LogP contribution in [0.5, 0.6) is 0 Å². The Hall–Kier alpha value is -3.61. The molecular formula is C21H20N4O3. The van der Waals surface area contributed by atoms with Crippen LogP contribution in [-0.4, -0.2) is 20.7 Å². The van der Waals surface area contributed by atoms with E-state index in [-0.39, 0.29) is 5.56 Å². The van der Waals surface area contributed by atoms with Gasteiger partial charge >= 0.3 is 5.63 Å². The largest absolute Gasteiger partial charge is 0.427 e. The van der Waals surface area contributed by atoms with Gasteiger partial charge in [0.05, 0.1) is 11.9 Å². The number of carbonyl (C=O) groups excluding carboxylic acids is 1. The molecule has 1 aromatic carbocycles. The summed E-state index contributed by atoms with van der Waals surface area (Å²) < 4.78 is 6.98. The van der Waals surface area contributed by atoms with E-state index in [9.17, 15) is 9.59 Å². The molecule has 0 spiro atoms. The monoisotopic (exact) mass is 376 g/mol. The van der Waals surface area contributed by atoms with E-state index < -0.39 is 11.5 Å². The first-order valence-corrected chi connectivity index (χ1v) is 9.00. The van der Waals surface area contributed by atoms with E-state index in [1.165, 1.54) is 6.20 Å². The van der Waals surface area contributed by atoms with Crippen LogP contribution in [0.2, 0.25) is 0 Å². The molecule has 4 rings (SSSR count). The third-order valence-corrected chi connectivity index (χ3v) is 4.71. The number of aryl methyl sites for hydroxylation is 4. The Balaban J connectivity index is 1.52. The number of nitrogens with one attached hydrogen (secondary N) is 2. The molecule has 3 aromatic heterocycles. The molecule has 0 aliphatic heterocycles. The Labute approximate surface area is 161 Å². The second-order valence-electron chi connectivity index (χ2n) is 6.77. The lowest BCUT2D eigenvalue weighted by molar-refractivity contribution is 0.102. The maximum absolute atomic E-state index is 12.5. The second kappa shape index (κ2) is 7.19. The molecule has 0 unspecified atom stereocenters. The number of para-hydroxylation sites is 1. The summed E-state index contributed by atoms with van der Waals surface area (Å²) in [6.45, 7) is 1.74. The van der Waals surface area contributed by atoms with Crippen LogP contribution in [0.4, 0.5) is 5.69 Å². The Morgan fingerprint density at radius 3 is 2.86 bits per heavy atom. The summed E-state index contributed by atoms with van der Waals surface area (Å²) in [5.41, 5.74) is 2.74. The minimum atomic E-state index is -0.629. The van der Waals surface area contributed by atoms with Gasteiger partial charge in [-0.25, -0.2) is 4.79 Å². The van der Waals surface area contributed by atoms with Gasteiger partial charge in [-0.3, -0.25) is 9.48 Å². The summed E-state index contributed by atoms with van der Waals surface area (Å²) >= 11 is 0. The normalized spacial score (nSPS) is 11.1. The molecule has 4 aromatic rings. The Bertz CT molecular complexity index is 1220. The maximum Gasteiger partial charge on any atom is 0.349 e. The fourth-order valence-electron chi connectivity index (χ4n) is 3.34. The van der Waals surface area contributed by atoms with Gasteiger partial charge in [-0.05, 0) is 36.6 Å². The number of hydrogen-bond donors (Lipinski definition) is 2. The van der Waals surface area contributed by atoms with Crippen LogP contribution in [0.1, 0.15) is 27.2 Å². The van der Waals surface area contributed by atoms with E-state index in [4.69, 9.17) is 4.42 Å². The van der Waals surface area contributed by atoms with Crippen molar-refractivity contribution in [1.29, 1.82) is 0 Å². The number of H-pyrrole nitrogens is 1. The molecular weight excluding hydrogens is 356 g/mol. The van der Waals surface area contributed by atoms with Crippen molar-refractivity contribution in [2.75, 3.05) is 5.32 Å². The van der Waals surface area contributed by atoms with E-state index in [1.54, 1.807) is 30.9 Å². The van der Waals surface area contributed by atoms with Crippen LogP contribution in [0, 0.1) is 6.92 Å². The van der Waals surface area contributed by atoms with Gasteiger partial charge in [-0.15, -0.1) is 0 Å². The molecule has 0 radical (unpaired) electrons. The zero-order valence-electron chi connectivity index (χ0n) is 15.7. The van der Waals surface area contributed by atoms with Crippen molar-refractivity contribution in [1.82, 2.24) is 14.8 Å². The summed E-state index contributed by atoms with van der Waals surface area (Å²) in [4.78, 5) is 28.1. The number of nitrogens with zero attached hydrogens (tertiary/aromatic N) is 2. The van der Waals surface area contributed by atoms with Crippen LogP contribution < -0.4 is 10.9 Å². The molecule has 142 valence electrons. The number of carbonyl (C=O) groups is 1. The predicted octanol–water partition coefficient (Wildman–Crippen LogP) is 3.20. The van der Waals surface area contributed by atoms with Gasteiger partial charge in [0, 0.05) is 36.8 Å². The van der Waals surface area contributed by atoms with Gasteiger partial charge in [0.2, 0.25) is 0 Å². The number of rotatable bonds is 5. The number of anilines is 1. The van der Waals surface area contributed by atoms with E-state index in [0.29, 0.717) is 23.4 Å². The highest BCUT2D eigenvalue weighted by Gasteiger charge is 2.18. The van der Waals surface area contributed by atoms with Crippen LogP contribution in [0.15, 0.2) is 58.1 Å². The SMILES string of the molecule is Cc1cc(CCc2c[nH]c3ccccc23)oc(=O)c1C(=O)Nc1cnn(C)c1. The van der Waals surface area contributed by atoms with Gasteiger partial charge in [0.15, 0.2) is 0 Å². The van der Waals surface area contributed by atoms with Gasteiger partial charge in [-0.1, -0.05) is 18.2 Å². The first kappa shape index (κ1) is 17.8. The van der Waals surface area contributed by atoms with Crippen molar-refractivity contribution in [2.45, 2.75) is 19.8 Å². The first-order chi connectivity index (χ1) is 13.5. The molecule has 7 heteroatoms. The summed E-state index contributed by atoms with van der Waals surface area (Å²) in [7, 11) is 1.75. The summed E-state index contributed by atoms with van der Waals surface area (Å²) in [5, 5.41) is 7.82. The highest BCUT2D eigenvalue weighted by atomic mass is 16.4. The fourth-order valence-corrected chi connectivity index (χ4v) is 3.34. The van der Waals surface area contributed by atoms with Crippen molar-refractivity contribution >= 4 is 22.5 Å². The van der Waals surface area contributed by atoms with Crippen molar-refractivity contribution in [2.24, 2.45) is 7.05 Å². The molecule has 0 aliphatic rings. The molecule has 1 amide bonds. The van der Waals surface area contributed by atoms with Gasteiger partial charge in [-0.2, -0.15) is 5.10 Å². The first-order valence-electron chi connectivity index (χ1n) is 9.00. The van der Waals surface area contributed by atoms with Crippen molar-refractivity contribution in [3.05, 3.63) is 81.8 Å². The number of hydrogen-bond acceptors (Lipinski definition) is 4. The van der Waals surface area contributed by atoms with Gasteiger partial charge < -0.3 is 14.7 Å². The number of fused-ring (bicyclic) bond motifs is 1. The standard InChI is InChI=1S/C21H20N4O3/c1-13-9-16(8-7-14-10-22-18-6-4-3-5-17(14)18)28-21(27)19(13)20(26)24-15-11-23-25(2)12-15/h3-6,9-12,22H,7-8H2,1-2H3,(H,24,26). The van der Waals surface area contributed by atoms with Gasteiger partial charge in [0.1, 0.15) is 11.3 Å². The van der Waals surface area contributed by atoms with E-state index in [0.717, 1.165) is 22.9 Å². The highest BCUT2D eigenvalue weighted by molar-refractivity contribution is 6.04. The lowest BCUT2D eigenvalue weighted by atomic mass is 10.1. The van der Waals surface area contributed by atoms with E-state index in [1.807, 2.05) is 24.4 Å². The number of amides is 1. The van der Waals surface area contributed by atoms with E-state index >= 15 is 0 Å². The Morgan fingerprint density at radius 1 is 1.29 bits per heavy atom. The number of aromatic nitrogens is 3. The quantitative estimate of drug-likeness (QED) is 0.559. The summed E-state index contributed by atoms with van der Waals surface area (Å²) in [6.07, 6.45) is 6.45. The average molecular weight is 376 g/mol. The van der Waals surface area contributed by atoms with Crippen LogP contribution in [0.25, 0.3) is 10.9 Å². The van der Waals surface area contributed by atoms with Crippen LogP contribution in [0.3, 0.4) is 0 Å². The summed E-state index contributed by atoms with van der Waals surface area (Å²) in [6, 6.07) is 9.83. The molecule has 0 saturated heterocycles. The minimum absolute atomic E-state index is 0.0136. The van der Waals surface area contributed by atoms with Crippen molar-refractivity contribution in [3.63, 3.8) is 0 Å². The van der Waals surface area contributed by atoms with Crippen molar-refractivity contribution < 1.29 is 9.21 Å². The fraction of sp³-hybridized carbons (Fsp3) is 0.190. The molecule has 0 atom stereocenters. The molecule has 28 heavy (non-hydrogen) atoms. The minimum Gasteiger partial charge on any atom is -0.427 e. The second-order valence-corrected chi connectivity index (χ2v) is 6.77. The molecule has 0 fully saturated rings. The topological polar surface area (TPSA) is 92.9 Å². The smallest absolute Gasteiger partial charge is 0.349 e. The zero-order chi connectivity index (χ0) is 19.7. The molecule has 3 heterocycles. The molecule has 0 bridgehead atoms. The lowest BCUT2D eigenvalue weighted by Gasteiger charge is -2.07. The van der Waals surface area contributed by atoms with Gasteiger partial charge in [0.25, 0.3) is 5.91 Å². The lowest BCUT2D eigenvalue weighted by Crippen LogP contribution is -2.23. The summed E-state index contributed by atoms with van der Waals surface area (Å²) in [5.74, 6) is 0.0631. The predicted molar refractivity (Wildman–Crippen MR) is 107 cm³/mol. The zero-order valence-corrected chi connectivity index (χ0v) is 15.7. The molecule has 7 nitrogen and oxygen atoms in total. The molecule has 0 aliphatic carbocycles. The van der Waals surface area contributed by atoms with Crippen LogP contribution in [-0.2, 0) is 19.9 Å². The van der Waals surface area contributed by atoms with Crippen molar-refractivity contribution in [3.8, 4) is 0 Å². The van der Waals surface area contributed by atoms with E-state index in [2.05, 4.69) is 21.5 Å². The Morgan fingerprint density at radius 2 is 2.11 bits per heavy atom. The molecule has 2 N–H and O–H groups in total. The molecule has 0 saturated carbocycles. The number of benzene rings is 1. The van der Waals surface area contributed by atoms with Crippen LogP contribution >= 0.6 is 0 Å².